The predicted octanol–water partition coefficient (Wildman–Crippen LogP) is 3.70. The lowest BCUT2D eigenvalue weighted by Crippen LogP contribution is -2.51. The van der Waals surface area contributed by atoms with E-state index in [-0.39, 0.29) is 24.2 Å². The summed E-state index contributed by atoms with van der Waals surface area (Å²) in [5, 5.41) is 12.4. The number of halogens is 1. The molecule has 0 aliphatic rings. The van der Waals surface area contributed by atoms with Gasteiger partial charge in [-0.25, -0.2) is 4.39 Å². The first-order valence-electron chi connectivity index (χ1n) is 13.4. The Morgan fingerprint density at radius 1 is 1.05 bits per heavy atom. The van der Waals surface area contributed by atoms with Crippen LogP contribution in [0.1, 0.15) is 58.1 Å². The molecule has 0 bridgehead atoms. The van der Waals surface area contributed by atoms with E-state index in [1.165, 1.54) is 6.07 Å². The quantitative estimate of drug-likeness (QED) is 0.243. The summed E-state index contributed by atoms with van der Waals surface area (Å²) in [5.41, 5.74) is 2.69. The van der Waals surface area contributed by atoms with Crippen molar-refractivity contribution in [3.63, 3.8) is 0 Å². The van der Waals surface area contributed by atoms with Crippen molar-refractivity contribution >= 4 is 11.8 Å². The van der Waals surface area contributed by atoms with E-state index in [0.717, 1.165) is 29.7 Å². The van der Waals surface area contributed by atoms with Crippen LogP contribution in [-0.4, -0.2) is 48.1 Å². The molecular formula is C29H44FN5O2. The minimum atomic E-state index is -0.709. The maximum Gasteiger partial charge on any atom is 0.244 e. The van der Waals surface area contributed by atoms with E-state index < -0.39 is 6.04 Å². The van der Waals surface area contributed by atoms with Crippen molar-refractivity contribution in [1.29, 1.82) is 0 Å². The van der Waals surface area contributed by atoms with Crippen LogP contribution in [0, 0.1) is 5.82 Å². The number of amides is 2. The number of hydrogen-bond acceptors (Lipinski definition) is 4. The highest BCUT2D eigenvalue weighted by molar-refractivity contribution is 5.88. The van der Waals surface area contributed by atoms with Gasteiger partial charge in [-0.05, 0) is 68.9 Å². The number of carbonyl (C=O) groups is 2. The van der Waals surface area contributed by atoms with Crippen molar-refractivity contribution in [1.82, 2.24) is 25.8 Å². The second-order valence-electron chi connectivity index (χ2n) is 9.38. The third-order valence-electron chi connectivity index (χ3n) is 6.43. The highest BCUT2D eigenvalue weighted by Gasteiger charge is 2.21. The molecule has 7 nitrogen and oxygen atoms in total. The van der Waals surface area contributed by atoms with Crippen molar-refractivity contribution in [3.05, 3.63) is 71.4 Å². The van der Waals surface area contributed by atoms with Crippen LogP contribution in [0.3, 0.4) is 0 Å². The minimum absolute atomic E-state index is 0.0805. The summed E-state index contributed by atoms with van der Waals surface area (Å²) < 4.78 is 16.1. The Morgan fingerprint density at radius 2 is 1.81 bits per heavy atom. The lowest BCUT2D eigenvalue weighted by Gasteiger charge is -2.20. The fourth-order valence-corrected chi connectivity index (χ4v) is 4.01. The zero-order valence-corrected chi connectivity index (χ0v) is 22.8. The number of aromatic nitrogens is 1. The molecule has 0 saturated carbocycles. The van der Waals surface area contributed by atoms with E-state index in [1.54, 1.807) is 6.07 Å². The summed E-state index contributed by atoms with van der Waals surface area (Å²) in [6.07, 6.45) is 9.65. The molecule has 8 heteroatoms. The zero-order valence-electron chi connectivity index (χ0n) is 22.8. The van der Waals surface area contributed by atoms with Gasteiger partial charge in [-0.1, -0.05) is 38.5 Å². The minimum Gasteiger partial charge on any atom is -0.379 e. The van der Waals surface area contributed by atoms with Crippen LogP contribution >= 0.6 is 0 Å². The number of nitrogens with zero attached hydrogens (tertiary/aromatic N) is 1. The van der Waals surface area contributed by atoms with Crippen LogP contribution in [0.2, 0.25) is 0 Å². The molecule has 2 atom stereocenters. The van der Waals surface area contributed by atoms with Crippen molar-refractivity contribution < 1.29 is 14.0 Å². The SMILES string of the molecule is CC=C(CN[C@@H](C)CC)NCC(=O)NC(Cn1cccc1)C(=O)NCCCc1cccc(F)c1CCC. The molecule has 1 heterocycles. The maximum atomic E-state index is 14.2. The summed E-state index contributed by atoms with van der Waals surface area (Å²) >= 11 is 0. The lowest BCUT2D eigenvalue weighted by atomic mass is 9.99. The van der Waals surface area contributed by atoms with E-state index in [4.69, 9.17) is 0 Å². The van der Waals surface area contributed by atoms with E-state index in [9.17, 15) is 14.0 Å². The second kappa shape index (κ2) is 16.6. The first-order chi connectivity index (χ1) is 17.9. The first kappa shape index (κ1) is 30.1. The van der Waals surface area contributed by atoms with Crippen LogP contribution in [0.4, 0.5) is 4.39 Å². The topological polar surface area (TPSA) is 87.2 Å². The van der Waals surface area contributed by atoms with Crippen molar-refractivity contribution in [3.8, 4) is 0 Å². The molecule has 1 unspecified atom stereocenters. The Labute approximate surface area is 221 Å². The number of benzene rings is 1. The molecule has 2 rings (SSSR count). The van der Waals surface area contributed by atoms with Gasteiger partial charge >= 0.3 is 0 Å². The largest absolute Gasteiger partial charge is 0.379 e. The molecule has 2 amide bonds. The van der Waals surface area contributed by atoms with Gasteiger partial charge in [-0.2, -0.15) is 0 Å². The molecule has 0 aliphatic carbocycles. The summed E-state index contributed by atoms with van der Waals surface area (Å²) in [4.78, 5) is 25.7. The number of hydrogen-bond donors (Lipinski definition) is 4. The Bertz CT molecular complexity index is 990. The monoisotopic (exact) mass is 513 g/mol. The highest BCUT2D eigenvalue weighted by Crippen LogP contribution is 2.17. The Morgan fingerprint density at radius 3 is 2.49 bits per heavy atom. The summed E-state index contributed by atoms with van der Waals surface area (Å²) in [5.74, 6) is -0.651. The van der Waals surface area contributed by atoms with Crippen LogP contribution in [0.15, 0.2) is 54.5 Å². The van der Waals surface area contributed by atoms with Gasteiger partial charge < -0.3 is 25.8 Å². The number of carbonyl (C=O) groups excluding carboxylic acids is 2. The molecule has 2 aromatic rings. The van der Waals surface area contributed by atoms with E-state index in [2.05, 4.69) is 35.1 Å². The number of aryl methyl sites for hydroxylation is 1. The van der Waals surface area contributed by atoms with Crippen molar-refractivity contribution in [2.75, 3.05) is 19.6 Å². The van der Waals surface area contributed by atoms with Gasteiger partial charge in [-0.3, -0.25) is 9.59 Å². The third kappa shape index (κ3) is 10.8. The normalized spacial score (nSPS) is 13.2. The predicted molar refractivity (Wildman–Crippen MR) is 148 cm³/mol. The molecule has 0 radical (unpaired) electrons. The molecular weight excluding hydrogens is 469 g/mol. The van der Waals surface area contributed by atoms with Gasteiger partial charge in [0.25, 0.3) is 0 Å². The van der Waals surface area contributed by atoms with Crippen molar-refractivity contribution in [2.24, 2.45) is 0 Å². The Balaban J connectivity index is 1.89. The molecule has 4 N–H and O–H groups in total. The van der Waals surface area contributed by atoms with Crippen LogP contribution in [-0.2, 0) is 29.0 Å². The zero-order chi connectivity index (χ0) is 27.0. The number of nitrogens with one attached hydrogen (secondary N) is 4. The van der Waals surface area contributed by atoms with Crippen LogP contribution in [0.5, 0.6) is 0 Å². The molecule has 204 valence electrons. The van der Waals surface area contributed by atoms with Gasteiger partial charge in [0.2, 0.25) is 11.8 Å². The fourth-order valence-electron chi connectivity index (χ4n) is 4.01. The maximum absolute atomic E-state index is 14.2. The summed E-state index contributed by atoms with van der Waals surface area (Å²) in [6.45, 7) is 9.71. The molecule has 37 heavy (non-hydrogen) atoms. The lowest BCUT2D eigenvalue weighted by molar-refractivity contribution is -0.128. The highest BCUT2D eigenvalue weighted by atomic mass is 19.1. The van der Waals surface area contributed by atoms with Crippen LogP contribution in [0.25, 0.3) is 0 Å². The average molecular weight is 514 g/mol. The summed E-state index contributed by atoms with van der Waals surface area (Å²) in [7, 11) is 0. The number of allylic oxidation sites excluding steroid dienone is 1. The van der Waals surface area contributed by atoms with Crippen LogP contribution < -0.4 is 21.3 Å². The van der Waals surface area contributed by atoms with Gasteiger partial charge in [0.05, 0.1) is 13.1 Å². The van der Waals surface area contributed by atoms with Gasteiger partial charge in [0.1, 0.15) is 11.9 Å². The second-order valence-corrected chi connectivity index (χ2v) is 9.38. The molecule has 0 saturated heterocycles. The van der Waals surface area contributed by atoms with E-state index in [1.807, 2.05) is 55.1 Å². The van der Waals surface area contributed by atoms with Gasteiger partial charge in [0, 0.05) is 37.2 Å². The molecule has 1 aromatic heterocycles. The third-order valence-corrected chi connectivity index (χ3v) is 6.43. The first-order valence-corrected chi connectivity index (χ1v) is 13.4. The Hall–Kier alpha value is -3.13. The molecule has 0 spiro atoms. The number of rotatable bonds is 17. The smallest absolute Gasteiger partial charge is 0.244 e. The molecule has 0 fully saturated rings. The standard InChI is InChI=1S/C29H44FN5O2/c1-5-12-25-23(13-10-15-26(25)30)14-11-16-31-29(37)27(21-35-17-8-9-18-35)34-28(36)20-33-24(7-3)19-32-22(4)6-2/h7-10,13,15,17-18,22,27,32-33H,5-6,11-12,14,16,19-21H2,1-4H3,(H,31,37)(H,34,36)/t22-,27?/m0/s1. The fraction of sp³-hybridized carbons (Fsp3) is 0.517. The average Bonchev–Trinajstić information content (AvgIpc) is 3.41. The van der Waals surface area contributed by atoms with Crippen molar-refractivity contribution in [2.45, 2.75) is 78.4 Å². The molecule has 0 aliphatic heterocycles. The van der Waals surface area contributed by atoms with Gasteiger partial charge in [-0.15, -0.1) is 0 Å². The van der Waals surface area contributed by atoms with Gasteiger partial charge in [0.15, 0.2) is 0 Å². The Kier molecular flexibility index (Phi) is 13.5. The van der Waals surface area contributed by atoms with E-state index >= 15 is 0 Å². The molecule has 1 aromatic carbocycles. The summed E-state index contributed by atoms with van der Waals surface area (Å²) in [6, 6.07) is 8.63. The van der Waals surface area contributed by atoms with E-state index in [0.29, 0.717) is 44.9 Å².